The summed E-state index contributed by atoms with van der Waals surface area (Å²) in [6.07, 6.45) is 1.45. The predicted octanol–water partition coefficient (Wildman–Crippen LogP) is 1.43. The first kappa shape index (κ1) is 18.2. The van der Waals surface area contributed by atoms with Crippen molar-refractivity contribution in [3.63, 3.8) is 0 Å². The predicted molar refractivity (Wildman–Crippen MR) is 80.9 cm³/mol. The number of amides is 1. The third-order valence-corrected chi connectivity index (χ3v) is 5.60. The molecular formula is C14H21NO6S. The molecule has 124 valence electrons. The lowest BCUT2D eigenvalue weighted by atomic mass is 10.2. The van der Waals surface area contributed by atoms with E-state index in [4.69, 9.17) is 9.52 Å². The second-order valence-corrected chi connectivity index (χ2v) is 7.70. The van der Waals surface area contributed by atoms with Gasteiger partial charge in [0.25, 0.3) is 5.91 Å². The van der Waals surface area contributed by atoms with Crippen molar-refractivity contribution in [1.82, 2.24) is 4.90 Å². The Morgan fingerprint density at radius 3 is 2.27 bits per heavy atom. The standard InChI is InChI=1S/C14H21NO6S/c1-6-11-10(14(17)18)7-12(21-11)13(16)15(4)8(2)9(3)22(5,19)20/h7-9H,6H2,1-5H3,(H,17,18). The fourth-order valence-corrected chi connectivity index (χ4v) is 2.91. The SMILES string of the molecule is CCc1oc(C(=O)N(C)C(C)C(C)S(C)(=O)=O)cc1C(=O)O. The molecule has 0 spiro atoms. The number of rotatable bonds is 6. The summed E-state index contributed by atoms with van der Waals surface area (Å²) in [6, 6.07) is 0.601. The van der Waals surface area contributed by atoms with Crippen LogP contribution in [0, 0.1) is 0 Å². The van der Waals surface area contributed by atoms with Crippen molar-refractivity contribution in [2.75, 3.05) is 13.3 Å². The van der Waals surface area contributed by atoms with Gasteiger partial charge in [-0.2, -0.15) is 0 Å². The lowest BCUT2D eigenvalue weighted by Gasteiger charge is -2.28. The summed E-state index contributed by atoms with van der Waals surface area (Å²) in [7, 11) is -1.84. The molecule has 1 rings (SSSR count). The van der Waals surface area contributed by atoms with Crippen molar-refractivity contribution in [3.8, 4) is 0 Å². The zero-order valence-corrected chi connectivity index (χ0v) is 14.1. The lowest BCUT2D eigenvalue weighted by molar-refractivity contribution is 0.0689. The number of aryl methyl sites for hydroxylation is 1. The van der Waals surface area contributed by atoms with E-state index >= 15 is 0 Å². The number of nitrogens with zero attached hydrogens (tertiary/aromatic N) is 1. The zero-order chi connectivity index (χ0) is 17.2. The van der Waals surface area contributed by atoms with E-state index in [2.05, 4.69) is 0 Å². The minimum absolute atomic E-state index is 0.0527. The molecule has 0 aliphatic rings. The van der Waals surface area contributed by atoms with Crippen molar-refractivity contribution < 1.29 is 27.5 Å². The fraction of sp³-hybridized carbons (Fsp3) is 0.571. The van der Waals surface area contributed by atoms with E-state index in [9.17, 15) is 18.0 Å². The Bertz CT molecular complexity index is 676. The number of carboxylic acid groups (broad SMARTS) is 1. The van der Waals surface area contributed by atoms with Gasteiger partial charge in [0.2, 0.25) is 0 Å². The molecule has 0 aromatic carbocycles. The van der Waals surface area contributed by atoms with Gasteiger partial charge in [-0.25, -0.2) is 13.2 Å². The Morgan fingerprint density at radius 1 is 1.36 bits per heavy atom. The highest BCUT2D eigenvalue weighted by molar-refractivity contribution is 7.91. The molecule has 0 saturated heterocycles. The normalized spacial score (nSPS) is 14.4. The van der Waals surface area contributed by atoms with Crippen LogP contribution >= 0.6 is 0 Å². The lowest BCUT2D eigenvalue weighted by Crippen LogP contribution is -2.44. The second-order valence-electron chi connectivity index (χ2n) is 5.30. The van der Waals surface area contributed by atoms with Crippen LogP contribution in [0.2, 0.25) is 0 Å². The maximum Gasteiger partial charge on any atom is 0.339 e. The summed E-state index contributed by atoms with van der Waals surface area (Å²) in [6.45, 7) is 4.86. The van der Waals surface area contributed by atoms with Gasteiger partial charge >= 0.3 is 5.97 Å². The van der Waals surface area contributed by atoms with Crippen molar-refractivity contribution in [2.45, 2.75) is 38.5 Å². The highest BCUT2D eigenvalue weighted by atomic mass is 32.2. The van der Waals surface area contributed by atoms with Crippen LogP contribution in [0.4, 0.5) is 0 Å². The molecule has 1 amide bonds. The Kier molecular flexibility index (Phi) is 5.39. The summed E-state index contributed by atoms with van der Waals surface area (Å²) >= 11 is 0. The van der Waals surface area contributed by atoms with E-state index in [1.54, 1.807) is 13.8 Å². The third kappa shape index (κ3) is 3.68. The van der Waals surface area contributed by atoms with E-state index in [-0.39, 0.29) is 17.1 Å². The molecule has 0 saturated carbocycles. The van der Waals surface area contributed by atoms with Gasteiger partial charge in [-0.15, -0.1) is 0 Å². The van der Waals surface area contributed by atoms with Crippen molar-refractivity contribution >= 4 is 21.7 Å². The first-order chi connectivity index (χ1) is 10.0. The maximum atomic E-state index is 12.4. The summed E-state index contributed by atoms with van der Waals surface area (Å²) in [5, 5.41) is 8.32. The molecule has 0 bridgehead atoms. The van der Waals surface area contributed by atoms with Crippen molar-refractivity contribution in [2.24, 2.45) is 0 Å². The first-order valence-electron chi connectivity index (χ1n) is 6.82. The summed E-state index contributed by atoms with van der Waals surface area (Å²) < 4.78 is 28.5. The van der Waals surface area contributed by atoms with E-state index in [0.717, 1.165) is 6.26 Å². The quantitative estimate of drug-likeness (QED) is 0.845. The van der Waals surface area contributed by atoms with Gasteiger partial charge in [-0.3, -0.25) is 4.79 Å². The number of sulfone groups is 1. The zero-order valence-electron chi connectivity index (χ0n) is 13.3. The molecule has 0 aliphatic carbocycles. The Hall–Kier alpha value is -1.83. The molecule has 2 atom stereocenters. The average molecular weight is 331 g/mol. The molecule has 0 fully saturated rings. The maximum absolute atomic E-state index is 12.4. The molecule has 2 unspecified atom stereocenters. The van der Waals surface area contributed by atoms with Crippen LogP contribution < -0.4 is 0 Å². The van der Waals surface area contributed by atoms with Gasteiger partial charge in [0, 0.05) is 31.8 Å². The number of carboxylic acids is 1. The minimum atomic E-state index is -3.30. The largest absolute Gasteiger partial charge is 0.478 e. The number of carbonyl (C=O) groups is 2. The van der Waals surface area contributed by atoms with Crippen LogP contribution in [0.5, 0.6) is 0 Å². The average Bonchev–Trinajstić information content (AvgIpc) is 2.87. The Morgan fingerprint density at radius 2 is 1.91 bits per heavy atom. The first-order valence-corrected chi connectivity index (χ1v) is 8.78. The number of hydrogen-bond acceptors (Lipinski definition) is 5. The number of aromatic carboxylic acids is 1. The van der Waals surface area contributed by atoms with E-state index in [0.29, 0.717) is 6.42 Å². The molecule has 8 heteroatoms. The highest BCUT2D eigenvalue weighted by Gasteiger charge is 2.30. The van der Waals surface area contributed by atoms with Gasteiger partial charge in [0.05, 0.1) is 5.25 Å². The highest BCUT2D eigenvalue weighted by Crippen LogP contribution is 2.20. The fourth-order valence-electron chi connectivity index (χ4n) is 2.01. The van der Waals surface area contributed by atoms with E-state index in [1.165, 1.54) is 24.9 Å². The molecule has 1 N–H and O–H groups in total. The summed E-state index contributed by atoms with van der Waals surface area (Å²) in [5.41, 5.74) is -0.0527. The molecule has 1 aromatic rings. The molecule has 0 radical (unpaired) electrons. The number of hydrogen-bond donors (Lipinski definition) is 1. The van der Waals surface area contributed by atoms with Crippen LogP contribution in [0.25, 0.3) is 0 Å². The van der Waals surface area contributed by atoms with E-state index < -0.39 is 33.0 Å². The number of furan rings is 1. The van der Waals surface area contributed by atoms with Gasteiger partial charge < -0.3 is 14.4 Å². The van der Waals surface area contributed by atoms with E-state index in [1.807, 2.05) is 0 Å². The summed E-state index contributed by atoms with van der Waals surface area (Å²) in [4.78, 5) is 24.7. The van der Waals surface area contributed by atoms with Gasteiger partial charge in [-0.1, -0.05) is 6.92 Å². The topological polar surface area (TPSA) is 105 Å². The summed E-state index contributed by atoms with van der Waals surface area (Å²) in [5.74, 6) is -1.61. The van der Waals surface area contributed by atoms with Gasteiger partial charge in [-0.05, 0) is 13.8 Å². The number of carbonyl (C=O) groups excluding carboxylic acids is 1. The molecule has 0 aliphatic heterocycles. The second kappa shape index (κ2) is 6.51. The molecule has 1 aromatic heterocycles. The monoisotopic (exact) mass is 331 g/mol. The molecular weight excluding hydrogens is 310 g/mol. The third-order valence-electron chi connectivity index (χ3n) is 3.86. The van der Waals surface area contributed by atoms with Crippen LogP contribution in [-0.2, 0) is 16.3 Å². The Balaban J connectivity index is 3.08. The van der Waals surface area contributed by atoms with Crippen LogP contribution in [0.3, 0.4) is 0 Å². The van der Waals surface area contributed by atoms with Gasteiger partial charge in [0.1, 0.15) is 11.3 Å². The minimum Gasteiger partial charge on any atom is -0.478 e. The van der Waals surface area contributed by atoms with Crippen molar-refractivity contribution in [3.05, 3.63) is 23.2 Å². The Labute approximate surface area is 129 Å². The smallest absolute Gasteiger partial charge is 0.339 e. The van der Waals surface area contributed by atoms with Crippen LogP contribution in [0.15, 0.2) is 10.5 Å². The van der Waals surface area contributed by atoms with Crippen LogP contribution in [0.1, 0.15) is 47.4 Å². The molecule has 1 heterocycles. The van der Waals surface area contributed by atoms with Gasteiger partial charge in [0.15, 0.2) is 15.6 Å². The van der Waals surface area contributed by atoms with Crippen LogP contribution in [-0.4, -0.2) is 54.9 Å². The molecule has 22 heavy (non-hydrogen) atoms. The van der Waals surface area contributed by atoms with Crippen molar-refractivity contribution in [1.29, 1.82) is 0 Å². The molecule has 7 nitrogen and oxygen atoms in total.